The number of ether oxygens (including phenoxy) is 1. The fraction of sp³-hybridized carbons (Fsp3) is 0.308. The van der Waals surface area contributed by atoms with Crippen LogP contribution in [0.2, 0.25) is 5.02 Å². The quantitative estimate of drug-likeness (QED) is 0.234. The van der Waals surface area contributed by atoms with Crippen molar-refractivity contribution in [3.05, 3.63) is 70.9 Å². The number of nitrogens with zero attached hydrogens (tertiary/aromatic N) is 2. The molecule has 14 heteroatoms. The number of hydrogen-bond acceptors (Lipinski definition) is 7. The van der Waals surface area contributed by atoms with Crippen LogP contribution in [0.5, 0.6) is 0 Å². The number of pyridine rings is 1. The zero-order valence-electron chi connectivity index (χ0n) is 21.4. The maximum Gasteiger partial charge on any atom is 0.412 e. The molecule has 0 radical (unpaired) electrons. The van der Waals surface area contributed by atoms with Gasteiger partial charge in [0.1, 0.15) is 24.1 Å². The van der Waals surface area contributed by atoms with Gasteiger partial charge in [0.15, 0.2) is 0 Å². The van der Waals surface area contributed by atoms with Gasteiger partial charge >= 0.3 is 12.1 Å². The lowest BCUT2D eigenvalue weighted by Gasteiger charge is -2.28. The molecule has 0 aliphatic carbocycles. The first-order chi connectivity index (χ1) is 19.1. The molecule has 0 bridgehead atoms. The molecule has 2 atom stereocenters. The summed E-state index contributed by atoms with van der Waals surface area (Å²) in [4.78, 5) is 42.9. The van der Waals surface area contributed by atoms with E-state index in [1.165, 1.54) is 55.7 Å². The van der Waals surface area contributed by atoms with Crippen molar-refractivity contribution in [1.82, 2.24) is 20.5 Å². The van der Waals surface area contributed by atoms with Crippen molar-refractivity contribution < 1.29 is 38.1 Å². The van der Waals surface area contributed by atoms with Crippen LogP contribution in [0.4, 0.5) is 24.2 Å². The molecule has 0 spiro atoms. The number of benzene rings is 2. The van der Waals surface area contributed by atoms with Crippen molar-refractivity contribution in [3.8, 4) is 0 Å². The summed E-state index contributed by atoms with van der Waals surface area (Å²) in [6.07, 6.45) is -1.00. The number of halogens is 3. The summed E-state index contributed by atoms with van der Waals surface area (Å²) in [6, 6.07) is 8.06. The number of urea groups is 1. The first kappa shape index (κ1) is 30.5. The Balaban J connectivity index is 1.64. The Morgan fingerprint density at radius 1 is 1.12 bits per heavy atom. The first-order valence-electron chi connectivity index (χ1n) is 12.1. The highest BCUT2D eigenvalue weighted by Gasteiger charge is 2.25. The van der Waals surface area contributed by atoms with E-state index in [1.807, 2.05) is 0 Å². The third-order valence-electron chi connectivity index (χ3n) is 5.82. The molecule has 3 aromatic rings. The number of anilines is 1. The van der Waals surface area contributed by atoms with Crippen molar-refractivity contribution in [3.63, 3.8) is 0 Å². The molecule has 0 aliphatic rings. The zero-order chi connectivity index (χ0) is 29.2. The molecule has 4 amide bonds. The van der Waals surface area contributed by atoms with Crippen LogP contribution in [0.1, 0.15) is 12.0 Å². The predicted octanol–water partition coefficient (Wildman–Crippen LogP) is 2.78. The molecule has 2 aromatic carbocycles. The number of hydrogen-bond donors (Lipinski definition) is 5. The van der Waals surface area contributed by atoms with Gasteiger partial charge in [-0.25, -0.2) is 23.4 Å². The Kier molecular flexibility index (Phi) is 10.9. The fourth-order valence-corrected chi connectivity index (χ4v) is 3.72. The van der Waals surface area contributed by atoms with Crippen molar-refractivity contribution >= 4 is 46.2 Å². The topological polar surface area (TPSA) is 153 Å². The maximum absolute atomic E-state index is 13.7. The normalized spacial score (nSPS) is 12.3. The Hall–Kier alpha value is -4.07. The van der Waals surface area contributed by atoms with Gasteiger partial charge in [-0.15, -0.1) is 0 Å². The number of amides is 4. The van der Waals surface area contributed by atoms with Gasteiger partial charge in [0, 0.05) is 31.7 Å². The number of carbonyl (C=O) groups excluding carboxylic acids is 3. The summed E-state index contributed by atoms with van der Waals surface area (Å²) in [5.74, 6) is -1.60. The van der Waals surface area contributed by atoms with Crippen LogP contribution in [0, 0.1) is 11.6 Å². The molecule has 0 saturated carbocycles. The maximum atomic E-state index is 13.7. The third kappa shape index (κ3) is 8.73. The second kappa shape index (κ2) is 14.4. The highest BCUT2D eigenvalue weighted by Crippen LogP contribution is 2.20. The van der Waals surface area contributed by atoms with Crippen LogP contribution < -0.4 is 16.0 Å². The van der Waals surface area contributed by atoms with Crippen molar-refractivity contribution in [2.75, 3.05) is 32.1 Å². The van der Waals surface area contributed by atoms with Crippen LogP contribution >= 0.6 is 11.6 Å². The van der Waals surface area contributed by atoms with Crippen LogP contribution in [0.15, 0.2) is 48.7 Å². The van der Waals surface area contributed by atoms with Gasteiger partial charge < -0.3 is 30.5 Å². The smallest absolute Gasteiger partial charge is 0.412 e. The lowest BCUT2D eigenvalue weighted by molar-refractivity contribution is -0.122. The molecule has 1 heterocycles. The lowest BCUT2D eigenvalue weighted by Crippen LogP contribution is -2.48. The number of aliphatic hydroxyl groups is 2. The van der Waals surface area contributed by atoms with E-state index >= 15 is 0 Å². The average Bonchev–Trinajstić information content (AvgIpc) is 2.93. The molecule has 0 saturated heterocycles. The van der Waals surface area contributed by atoms with Crippen LogP contribution in [-0.2, 0) is 16.1 Å². The lowest BCUT2D eigenvalue weighted by atomic mass is 10.2. The molecule has 0 aliphatic heterocycles. The van der Waals surface area contributed by atoms with Crippen molar-refractivity contribution in [1.29, 1.82) is 0 Å². The van der Waals surface area contributed by atoms with Gasteiger partial charge in [0.25, 0.3) is 0 Å². The third-order valence-corrected chi connectivity index (χ3v) is 6.24. The Labute approximate surface area is 233 Å². The number of rotatable bonds is 11. The summed E-state index contributed by atoms with van der Waals surface area (Å²) in [6.45, 7) is -1.33. The molecule has 11 nitrogen and oxygen atoms in total. The van der Waals surface area contributed by atoms with Gasteiger partial charge in [-0.1, -0.05) is 23.7 Å². The molecular weight excluding hydrogens is 552 g/mol. The molecular formula is C26H28ClF2N5O6. The highest BCUT2D eigenvalue weighted by atomic mass is 35.5. The van der Waals surface area contributed by atoms with Crippen LogP contribution in [0.25, 0.3) is 10.8 Å². The first-order valence-corrected chi connectivity index (χ1v) is 12.4. The van der Waals surface area contributed by atoms with Crippen molar-refractivity contribution in [2.45, 2.75) is 25.1 Å². The number of likely N-dealkylation sites (N-methyl/N-ethyl adjacent to an activating group) is 1. The SMILES string of the molecule is CN(C(=O)NCc1cccc(F)c1Cl)[C@H](COC(=O)Nc1cc2cc(F)ccc2cn1)CC(=O)NCC(O)CO. The molecule has 0 fully saturated rings. The number of nitrogens with one attached hydrogen (secondary N) is 3. The Bertz CT molecular complexity index is 1360. The Morgan fingerprint density at radius 3 is 2.65 bits per heavy atom. The predicted molar refractivity (Wildman–Crippen MR) is 143 cm³/mol. The van der Waals surface area contributed by atoms with Gasteiger partial charge in [0.2, 0.25) is 5.91 Å². The van der Waals surface area contributed by atoms with E-state index in [0.717, 1.165) is 4.90 Å². The average molecular weight is 580 g/mol. The van der Waals surface area contributed by atoms with Gasteiger partial charge in [0.05, 0.1) is 30.2 Å². The second-order valence-electron chi connectivity index (χ2n) is 8.77. The fourth-order valence-electron chi connectivity index (χ4n) is 3.53. The van der Waals surface area contributed by atoms with Crippen molar-refractivity contribution in [2.24, 2.45) is 0 Å². The minimum absolute atomic E-state index is 0.0912. The van der Waals surface area contributed by atoms with E-state index < -0.39 is 55.0 Å². The summed E-state index contributed by atoms with van der Waals surface area (Å²) in [5, 5.41) is 26.8. The van der Waals surface area contributed by atoms with Gasteiger partial charge in [-0.3, -0.25) is 10.1 Å². The molecule has 1 aromatic heterocycles. The number of carbonyl (C=O) groups is 3. The zero-order valence-corrected chi connectivity index (χ0v) is 22.1. The summed E-state index contributed by atoms with van der Waals surface area (Å²) in [7, 11) is 1.36. The summed E-state index contributed by atoms with van der Waals surface area (Å²) >= 11 is 5.93. The second-order valence-corrected chi connectivity index (χ2v) is 9.14. The van der Waals surface area contributed by atoms with E-state index in [4.69, 9.17) is 21.4 Å². The van der Waals surface area contributed by atoms with Gasteiger partial charge in [-0.05, 0) is 41.3 Å². The number of aromatic nitrogens is 1. The van der Waals surface area contributed by atoms with Gasteiger partial charge in [-0.2, -0.15) is 0 Å². The standard InChI is InChI=1S/C26H28ClF2N5O6/c1-34(25(38)32-11-16-3-2-4-21(29)24(16)27)19(9-23(37)31-12-20(36)13-35)14-40-26(39)33-22-8-17-7-18(28)6-5-15(17)10-30-22/h2-8,10,19-20,35-36H,9,11-14H2,1H3,(H,31,37)(H,32,38)(H,30,33,39)/t19-,20?/m0/s1. The molecule has 5 N–H and O–H groups in total. The summed E-state index contributed by atoms with van der Waals surface area (Å²) in [5.41, 5.74) is 0.328. The minimum Gasteiger partial charge on any atom is -0.447 e. The number of fused-ring (bicyclic) bond motifs is 1. The van der Waals surface area contributed by atoms with E-state index in [2.05, 4.69) is 20.9 Å². The Morgan fingerprint density at radius 2 is 1.90 bits per heavy atom. The van der Waals surface area contributed by atoms with Crippen LogP contribution in [-0.4, -0.2) is 77.1 Å². The summed E-state index contributed by atoms with van der Waals surface area (Å²) < 4.78 is 32.5. The minimum atomic E-state index is -1.18. The molecule has 40 heavy (non-hydrogen) atoms. The van der Waals surface area contributed by atoms with E-state index in [9.17, 15) is 28.3 Å². The number of aliphatic hydroxyl groups excluding tert-OH is 2. The monoisotopic (exact) mass is 579 g/mol. The molecule has 214 valence electrons. The highest BCUT2D eigenvalue weighted by molar-refractivity contribution is 6.31. The molecule has 1 unspecified atom stereocenters. The van der Waals surface area contributed by atoms with Crippen LogP contribution in [0.3, 0.4) is 0 Å². The van der Waals surface area contributed by atoms with E-state index in [-0.39, 0.29) is 30.4 Å². The van der Waals surface area contributed by atoms with E-state index in [1.54, 1.807) is 0 Å². The largest absolute Gasteiger partial charge is 0.447 e. The van der Waals surface area contributed by atoms with E-state index in [0.29, 0.717) is 16.3 Å². The molecule has 3 rings (SSSR count).